The number of rotatable bonds is 2. The van der Waals surface area contributed by atoms with Crippen molar-refractivity contribution in [1.29, 1.82) is 0 Å². The second kappa shape index (κ2) is 6.04. The van der Waals surface area contributed by atoms with Crippen molar-refractivity contribution in [2.75, 3.05) is 26.0 Å². The molecule has 1 amide bonds. The molecule has 0 N–H and O–H groups in total. The molecule has 1 heterocycles. The number of carbonyl (C=O) groups is 1. The number of hydrogen-bond acceptors (Lipinski definition) is 3. The summed E-state index contributed by atoms with van der Waals surface area (Å²) < 4.78 is 19.1. The number of amides is 1. The van der Waals surface area contributed by atoms with Crippen molar-refractivity contribution in [3.63, 3.8) is 0 Å². The summed E-state index contributed by atoms with van der Waals surface area (Å²) in [7, 11) is 1.48. The molecule has 1 aromatic rings. The van der Waals surface area contributed by atoms with E-state index in [-0.39, 0.29) is 16.2 Å². The molecular formula is C15H20FNO2S. The zero-order valence-electron chi connectivity index (χ0n) is 12.1. The van der Waals surface area contributed by atoms with Gasteiger partial charge in [-0.2, -0.15) is 11.8 Å². The number of nitrogens with zero attached hydrogens (tertiary/aromatic N) is 1. The molecule has 1 fully saturated rings. The smallest absolute Gasteiger partial charge is 0.256 e. The maximum Gasteiger partial charge on any atom is 0.256 e. The van der Waals surface area contributed by atoms with Crippen LogP contribution in [-0.4, -0.2) is 41.5 Å². The number of benzene rings is 1. The summed E-state index contributed by atoms with van der Waals surface area (Å²) in [6, 6.07) is 4.37. The van der Waals surface area contributed by atoms with E-state index in [1.807, 2.05) is 11.8 Å². The van der Waals surface area contributed by atoms with Crippen LogP contribution in [0.1, 0.15) is 30.6 Å². The minimum Gasteiger partial charge on any atom is -0.497 e. The van der Waals surface area contributed by atoms with Gasteiger partial charge in [0.2, 0.25) is 0 Å². The van der Waals surface area contributed by atoms with Gasteiger partial charge >= 0.3 is 0 Å². The highest BCUT2D eigenvalue weighted by atomic mass is 32.2. The van der Waals surface area contributed by atoms with Gasteiger partial charge in [-0.05, 0) is 18.6 Å². The van der Waals surface area contributed by atoms with Gasteiger partial charge < -0.3 is 9.64 Å². The summed E-state index contributed by atoms with van der Waals surface area (Å²) in [6.45, 7) is 5.70. The standard InChI is InChI=1S/C15H20FNO2S/c1-15(2)6-7-17(8-9-20-15)14(18)12-5-4-11(19-3)10-13(12)16/h4-5,10H,6-9H2,1-3H3. The molecule has 0 unspecified atom stereocenters. The average molecular weight is 297 g/mol. The lowest BCUT2D eigenvalue weighted by molar-refractivity contribution is 0.0760. The molecule has 0 aliphatic carbocycles. The number of thioether (sulfide) groups is 1. The van der Waals surface area contributed by atoms with E-state index < -0.39 is 5.82 Å². The van der Waals surface area contributed by atoms with Gasteiger partial charge in [-0.15, -0.1) is 0 Å². The second-order valence-electron chi connectivity index (χ2n) is 5.50. The first kappa shape index (κ1) is 15.2. The van der Waals surface area contributed by atoms with E-state index in [1.54, 1.807) is 11.0 Å². The van der Waals surface area contributed by atoms with Crippen LogP contribution in [0.3, 0.4) is 0 Å². The Labute approximate surface area is 123 Å². The fraction of sp³-hybridized carbons (Fsp3) is 0.533. The van der Waals surface area contributed by atoms with Gasteiger partial charge in [-0.25, -0.2) is 4.39 Å². The number of carbonyl (C=O) groups excluding carboxylic acids is 1. The van der Waals surface area contributed by atoms with Crippen molar-refractivity contribution in [2.24, 2.45) is 0 Å². The molecule has 1 aliphatic rings. The molecule has 0 aromatic heterocycles. The summed E-state index contributed by atoms with van der Waals surface area (Å²) in [5.41, 5.74) is 0.121. The molecule has 1 saturated heterocycles. The van der Waals surface area contributed by atoms with Crippen LogP contribution in [-0.2, 0) is 0 Å². The van der Waals surface area contributed by atoms with E-state index in [1.165, 1.54) is 19.2 Å². The molecule has 5 heteroatoms. The van der Waals surface area contributed by atoms with E-state index >= 15 is 0 Å². The zero-order valence-corrected chi connectivity index (χ0v) is 12.9. The number of methoxy groups -OCH3 is 1. The lowest BCUT2D eigenvalue weighted by Gasteiger charge is -2.23. The largest absolute Gasteiger partial charge is 0.497 e. The van der Waals surface area contributed by atoms with Crippen LogP contribution >= 0.6 is 11.8 Å². The summed E-state index contributed by atoms with van der Waals surface area (Å²) in [5, 5.41) is 0. The Bertz CT molecular complexity index is 505. The molecule has 0 atom stereocenters. The van der Waals surface area contributed by atoms with Crippen molar-refractivity contribution < 1.29 is 13.9 Å². The summed E-state index contributed by atoms with van der Waals surface area (Å²) in [5.74, 6) is 0.553. The first-order valence-electron chi connectivity index (χ1n) is 6.70. The van der Waals surface area contributed by atoms with Crippen LogP contribution in [0.25, 0.3) is 0 Å². The minimum atomic E-state index is -0.523. The summed E-state index contributed by atoms with van der Waals surface area (Å²) >= 11 is 1.86. The lowest BCUT2D eigenvalue weighted by atomic mass is 10.1. The van der Waals surface area contributed by atoms with E-state index in [0.717, 1.165) is 12.2 Å². The molecule has 0 radical (unpaired) electrons. The Morgan fingerprint density at radius 3 is 2.80 bits per heavy atom. The summed E-state index contributed by atoms with van der Waals surface area (Å²) in [4.78, 5) is 14.2. The molecule has 1 aromatic carbocycles. The van der Waals surface area contributed by atoms with Gasteiger partial charge in [0, 0.05) is 29.7 Å². The van der Waals surface area contributed by atoms with Crippen molar-refractivity contribution in [2.45, 2.75) is 25.0 Å². The fourth-order valence-corrected chi connectivity index (χ4v) is 3.29. The van der Waals surface area contributed by atoms with Gasteiger partial charge in [0.1, 0.15) is 11.6 Å². The van der Waals surface area contributed by atoms with Crippen LogP contribution in [0.2, 0.25) is 0 Å². The third-order valence-electron chi connectivity index (χ3n) is 3.53. The first-order chi connectivity index (χ1) is 9.43. The highest BCUT2D eigenvalue weighted by Crippen LogP contribution is 2.31. The van der Waals surface area contributed by atoms with Crippen molar-refractivity contribution in [1.82, 2.24) is 4.90 Å². The van der Waals surface area contributed by atoms with Gasteiger partial charge in [-0.3, -0.25) is 4.79 Å². The quantitative estimate of drug-likeness (QED) is 0.839. The molecule has 0 bridgehead atoms. The van der Waals surface area contributed by atoms with E-state index in [4.69, 9.17) is 4.74 Å². The lowest BCUT2D eigenvalue weighted by Crippen LogP contribution is -2.34. The second-order valence-corrected chi connectivity index (χ2v) is 7.30. The number of hydrogen-bond donors (Lipinski definition) is 0. The van der Waals surface area contributed by atoms with Crippen molar-refractivity contribution in [3.05, 3.63) is 29.6 Å². The maximum atomic E-state index is 14.0. The maximum absolute atomic E-state index is 14.0. The molecule has 2 rings (SSSR count). The molecule has 3 nitrogen and oxygen atoms in total. The first-order valence-corrected chi connectivity index (χ1v) is 7.68. The third-order valence-corrected chi connectivity index (χ3v) is 4.90. The molecule has 0 saturated carbocycles. The van der Waals surface area contributed by atoms with Crippen LogP contribution in [0.5, 0.6) is 5.75 Å². The minimum absolute atomic E-state index is 0.121. The highest BCUT2D eigenvalue weighted by Gasteiger charge is 2.27. The Morgan fingerprint density at radius 1 is 1.40 bits per heavy atom. The number of ether oxygens (including phenoxy) is 1. The SMILES string of the molecule is COc1ccc(C(=O)N2CCSC(C)(C)CC2)c(F)c1. The Morgan fingerprint density at radius 2 is 2.15 bits per heavy atom. The molecule has 1 aliphatic heterocycles. The molecule has 110 valence electrons. The topological polar surface area (TPSA) is 29.5 Å². The number of halogens is 1. The molecule has 0 spiro atoms. The Kier molecular flexibility index (Phi) is 4.58. The molecular weight excluding hydrogens is 277 g/mol. The Balaban J connectivity index is 2.15. The van der Waals surface area contributed by atoms with E-state index in [9.17, 15) is 9.18 Å². The third kappa shape index (κ3) is 3.45. The highest BCUT2D eigenvalue weighted by molar-refractivity contribution is 8.00. The average Bonchev–Trinajstić information content (AvgIpc) is 2.59. The predicted octanol–water partition coefficient (Wildman–Crippen LogP) is 3.19. The van der Waals surface area contributed by atoms with E-state index in [2.05, 4.69) is 13.8 Å². The van der Waals surface area contributed by atoms with Gasteiger partial charge in [0.25, 0.3) is 5.91 Å². The van der Waals surface area contributed by atoms with Gasteiger partial charge in [0.05, 0.1) is 12.7 Å². The van der Waals surface area contributed by atoms with Crippen molar-refractivity contribution >= 4 is 17.7 Å². The van der Waals surface area contributed by atoms with Gasteiger partial charge in [0.15, 0.2) is 0 Å². The fourth-order valence-electron chi connectivity index (χ4n) is 2.19. The normalized spacial score (nSPS) is 18.5. The monoisotopic (exact) mass is 297 g/mol. The Hall–Kier alpha value is -1.23. The van der Waals surface area contributed by atoms with Crippen LogP contribution < -0.4 is 4.74 Å². The van der Waals surface area contributed by atoms with Crippen molar-refractivity contribution in [3.8, 4) is 5.75 Å². The van der Waals surface area contributed by atoms with Crippen LogP contribution in [0.4, 0.5) is 4.39 Å². The predicted molar refractivity (Wildman–Crippen MR) is 80.0 cm³/mol. The van der Waals surface area contributed by atoms with Crippen LogP contribution in [0.15, 0.2) is 18.2 Å². The zero-order chi connectivity index (χ0) is 14.8. The van der Waals surface area contributed by atoms with E-state index in [0.29, 0.717) is 18.8 Å². The molecule has 20 heavy (non-hydrogen) atoms. The van der Waals surface area contributed by atoms with Crippen LogP contribution in [0, 0.1) is 5.82 Å². The summed E-state index contributed by atoms with van der Waals surface area (Å²) in [6.07, 6.45) is 0.918. The van der Waals surface area contributed by atoms with Gasteiger partial charge in [-0.1, -0.05) is 13.8 Å².